The number of ether oxygens (including phenoxy) is 1. The van der Waals surface area contributed by atoms with Gasteiger partial charge < -0.3 is 24.5 Å². The molecule has 0 saturated carbocycles. The molecule has 0 spiro atoms. The molecule has 2 amide bonds. The number of benzene rings is 1. The average Bonchev–Trinajstić information content (AvgIpc) is 3.10. The van der Waals surface area contributed by atoms with E-state index in [9.17, 15) is 14.7 Å². The molecule has 1 atom stereocenters. The number of aromatic hydroxyl groups is 1. The Bertz CT molecular complexity index is 665. The summed E-state index contributed by atoms with van der Waals surface area (Å²) in [5.41, 5.74) is 1.65. The Balaban J connectivity index is 1.47. The minimum Gasteiger partial charge on any atom is -0.508 e. The molecule has 1 fully saturated rings. The van der Waals surface area contributed by atoms with Crippen molar-refractivity contribution in [3.63, 3.8) is 0 Å². The molecule has 0 aliphatic carbocycles. The van der Waals surface area contributed by atoms with E-state index in [1.54, 1.807) is 34.1 Å². The molecular formula is C17H21N3O5. The first-order chi connectivity index (χ1) is 12.1. The van der Waals surface area contributed by atoms with Crippen molar-refractivity contribution in [3.8, 4) is 5.75 Å². The van der Waals surface area contributed by atoms with Crippen molar-refractivity contribution >= 4 is 17.7 Å². The number of rotatable bonds is 3. The number of amides is 2. The van der Waals surface area contributed by atoms with E-state index in [1.807, 2.05) is 0 Å². The first-order valence-electron chi connectivity index (χ1n) is 8.19. The van der Waals surface area contributed by atoms with Crippen LogP contribution in [0.5, 0.6) is 5.75 Å². The van der Waals surface area contributed by atoms with E-state index in [0.29, 0.717) is 32.6 Å². The zero-order valence-corrected chi connectivity index (χ0v) is 14.1. The fourth-order valence-corrected chi connectivity index (χ4v) is 2.95. The van der Waals surface area contributed by atoms with Gasteiger partial charge in [0.15, 0.2) is 0 Å². The van der Waals surface area contributed by atoms with Gasteiger partial charge in [-0.3, -0.25) is 4.79 Å². The van der Waals surface area contributed by atoms with Gasteiger partial charge in [0, 0.05) is 32.6 Å². The van der Waals surface area contributed by atoms with E-state index in [0.717, 1.165) is 11.3 Å². The van der Waals surface area contributed by atoms with Crippen LogP contribution in [0.25, 0.3) is 0 Å². The highest BCUT2D eigenvalue weighted by Crippen LogP contribution is 2.21. The summed E-state index contributed by atoms with van der Waals surface area (Å²) >= 11 is 0. The maximum absolute atomic E-state index is 12.4. The van der Waals surface area contributed by atoms with Crippen molar-refractivity contribution in [2.75, 3.05) is 33.3 Å². The summed E-state index contributed by atoms with van der Waals surface area (Å²) in [5.74, 6) is 0.192. The number of carbonyl (C=O) groups is 2. The van der Waals surface area contributed by atoms with Gasteiger partial charge in [-0.1, -0.05) is 5.16 Å². The number of nitrogens with zero attached hydrogens (tertiary/aromatic N) is 3. The number of oxime groups is 1. The third-order valence-corrected chi connectivity index (χ3v) is 4.40. The van der Waals surface area contributed by atoms with E-state index in [-0.39, 0.29) is 30.3 Å². The Hall–Kier alpha value is -2.77. The molecule has 134 valence electrons. The lowest BCUT2D eigenvalue weighted by atomic mass is 10.0. The molecule has 0 bridgehead atoms. The molecule has 1 N–H and O–H groups in total. The fraction of sp³-hybridized carbons (Fsp3) is 0.471. The number of phenols is 1. The molecule has 1 saturated heterocycles. The summed E-state index contributed by atoms with van der Waals surface area (Å²) in [6, 6.07) is 6.73. The van der Waals surface area contributed by atoms with Crippen molar-refractivity contribution < 1.29 is 24.3 Å². The van der Waals surface area contributed by atoms with Gasteiger partial charge in [-0.15, -0.1) is 0 Å². The Morgan fingerprint density at radius 1 is 1.20 bits per heavy atom. The zero-order valence-electron chi connectivity index (χ0n) is 14.1. The largest absolute Gasteiger partial charge is 0.508 e. The van der Waals surface area contributed by atoms with Crippen LogP contribution in [0.2, 0.25) is 0 Å². The van der Waals surface area contributed by atoms with Gasteiger partial charge in [0.25, 0.3) is 0 Å². The molecule has 2 heterocycles. The van der Waals surface area contributed by atoms with E-state index in [1.165, 1.54) is 7.11 Å². The highest BCUT2D eigenvalue weighted by Gasteiger charge is 2.29. The van der Waals surface area contributed by atoms with Crippen LogP contribution in [0, 0.1) is 0 Å². The predicted octanol–water partition coefficient (Wildman–Crippen LogP) is 1.19. The second kappa shape index (κ2) is 7.42. The number of carbonyl (C=O) groups excluding carboxylic acids is 2. The third-order valence-electron chi connectivity index (χ3n) is 4.40. The maximum Gasteiger partial charge on any atom is 0.409 e. The molecule has 0 aromatic heterocycles. The van der Waals surface area contributed by atoms with Crippen LogP contribution >= 0.6 is 0 Å². The van der Waals surface area contributed by atoms with Crippen molar-refractivity contribution in [2.45, 2.75) is 18.9 Å². The van der Waals surface area contributed by atoms with Crippen LogP contribution in [-0.2, 0) is 14.4 Å². The minimum atomic E-state index is -0.363. The highest BCUT2D eigenvalue weighted by atomic mass is 16.6. The molecule has 3 rings (SSSR count). The minimum absolute atomic E-state index is 0.00308. The number of piperazine rings is 1. The number of hydrogen-bond donors (Lipinski definition) is 1. The first-order valence-corrected chi connectivity index (χ1v) is 8.19. The van der Waals surface area contributed by atoms with Gasteiger partial charge in [0.2, 0.25) is 5.91 Å². The number of hydrogen-bond acceptors (Lipinski definition) is 6. The highest BCUT2D eigenvalue weighted by molar-refractivity contribution is 6.01. The van der Waals surface area contributed by atoms with Crippen LogP contribution in [0.1, 0.15) is 18.4 Å². The molecule has 0 radical (unpaired) electrons. The Kier molecular flexibility index (Phi) is 5.06. The lowest BCUT2D eigenvalue weighted by molar-refractivity contribution is -0.135. The first kappa shape index (κ1) is 17.1. The standard InChI is InChI=1S/C17H21N3O5/c1-24-17(23)20-8-6-19(7-9-20)16(22)11-14-10-15(18-25-14)12-2-4-13(21)5-3-12/h2-5,14,21H,6-11H2,1H3. The smallest absolute Gasteiger partial charge is 0.409 e. The SMILES string of the molecule is COC(=O)N1CCN(C(=O)CC2CC(c3ccc(O)cc3)=NO2)CC1. The van der Waals surface area contributed by atoms with Crippen molar-refractivity contribution in [1.29, 1.82) is 0 Å². The quantitative estimate of drug-likeness (QED) is 0.887. The molecular weight excluding hydrogens is 326 g/mol. The summed E-state index contributed by atoms with van der Waals surface area (Å²) in [4.78, 5) is 32.6. The van der Waals surface area contributed by atoms with Crippen molar-refractivity contribution in [2.24, 2.45) is 5.16 Å². The second-order valence-corrected chi connectivity index (χ2v) is 6.06. The summed E-state index contributed by atoms with van der Waals surface area (Å²) in [5, 5.41) is 13.4. The molecule has 1 aromatic rings. The Morgan fingerprint density at radius 3 is 2.48 bits per heavy atom. The Morgan fingerprint density at radius 2 is 1.84 bits per heavy atom. The third kappa shape index (κ3) is 4.01. The van der Waals surface area contributed by atoms with E-state index in [4.69, 9.17) is 4.84 Å². The van der Waals surface area contributed by atoms with Gasteiger partial charge in [-0.2, -0.15) is 0 Å². The van der Waals surface area contributed by atoms with Gasteiger partial charge >= 0.3 is 6.09 Å². The van der Waals surface area contributed by atoms with Gasteiger partial charge in [0.05, 0.1) is 19.2 Å². The molecule has 8 heteroatoms. The average molecular weight is 347 g/mol. The Labute approximate surface area is 145 Å². The van der Waals surface area contributed by atoms with Crippen LogP contribution < -0.4 is 0 Å². The molecule has 1 aromatic carbocycles. The lowest BCUT2D eigenvalue weighted by Crippen LogP contribution is -2.51. The van der Waals surface area contributed by atoms with Gasteiger partial charge in [0.1, 0.15) is 11.9 Å². The van der Waals surface area contributed by atoms with Gasteiger partial charge in [-0.05, 0) is 29.8 Å². The monoisotopic (exact) mass is 347 g/mol. The second-order valence-electron chi connectivity index (χ2n) is 6.06. The number of phenolic OH excluding ortho intramolecular Hbond substituents is 1. The lowest BCUT2D eigenvalue weighted by Gasteiger charge is -2.34. The normalized spacial score (nSPS) is 20.0. The van der Waals surface area contributed by atoms with Crippen molar-refractivity contribution in [1.82, 2.24) is 9.80 Å². The summed E-state index contributed by atoms with van der Waals surface area (Å²) < 4.78 is 4.69. The van der Waals surface area contributed by atoms with E-state index < -0.39 is 0 Å². The van der Waals surface area contributed by atoms with Gasteiger partial charge in [-0.25, -0.2) is 4.79 Å². The summed E-state index contributed by atoms with van der Waals surface area (Å²) in [7, 11) is 1.35. The summed E-state index contributed by atoms with van der Waals surface area (Å²) in [6.45, 7) is 1.93. The predicted molar refractivity (Wildman–Crippen MR) is 89.3 cm³/mol. The summed E-state index contributed by atoms with van der Waals surface area (Å²) in [6.07, 6.45) is 0.162. The van der Waals surface area contributed by atoms with Crippen LogP contribution in [-0.4, -0.2) is 72.0 Å². The van der Waals surface area contributed by atoms with Crippen LogP contribution in [0.4, 0.5) is 4.79 Å². The zero-order chi connectivity index (χ0) is 17.8. The van der Waals surface area contributed by atoms with E-state index in [2.05, 4.69) is 9.89 Å². The van der Waals surface area contributed by atoms with Crippen molar-refractivity contribution in [3.05, 3.63) is 29.8 Å². The molecule has 2 aliphatic rings. The topological polar surface area (TPSA) is 91.7 Å². The van der Waals surface area contributed by atoms with E-state index >= 15 is 0 Å². The molecule has 25 heavy (non-hydrogen) atoms. The molecule has 8 nitrogen and oxygen atoms in total. The maximum atomic E-state index is 12.4. The molecule has 2 aliphatic heterocycles. The van der Waals surface area contributed by atoms with Crippen LogP contribution in [0.15, 0.2) is 29.4 Å². The number of methoxy groups -OCH3 is 1. The fourth-order valence-electron chi connectivity index (χ4n) is 2.95. The molecule has 1 unspecified atom stereocenters. The van der Waals surface area contributed by atoms with Crippen LogP contribution in [0.3, 0.4) is 0 Å².